The molecule has 2 aromatic rings. The van der Waals surface area contributed by atoms with Crippen molar-refractivity contribution < 1.29 is 4.79 Å². The Morgan fingerprint density at radius 3 is 2.65 bits per heavy atom. The summed E-state index contributed by atoms with van der Waals surface area (Å²) >= 11 is 0. The second-order valence-corrected chi connectivity index (χ2v) is 6.75. The van der Waals surface area contributed by atoms with E-state index in [1.807, 2.05) is 24.4 Å². The molecule has 3 aliphatic heterocycles. The number of fused-ring (bicyclic) bond motifs is 3. The van der Waals surface area contributed by atoms with Crippen LogP contribution < -0.4 is 0 Å². The maximum absolute atomic E-state index is 12.7. The first-order valence-electron chi connectivity index (χ1n) is 8.54. The standard InChI is InChI=1S/C20H22N2O/c23-20-16-9-11-22(19(20)14-17-8-4-5-10-21-17)18(13-16)12-15-6-2-1-3-7-15/h1-8,10,16,18-19H,9,11-14H2. The quantitative estimate of drug-likeness (QED) is 0.871. The topological polar surface area (TPSA) is 33.2 Å². The molecule has 2 bridgehead atoms. The lowest BCUT2D eigenvalue weighted by Crippen LogP contribution is -2.61. The number of carbonyl (C=O) groups is 1. The van der Waals surface area contributed by atoms with Crippen LogP contribution >= 0.6 is 0 Å². The Hall–Kier alpha value is -2.00. The molecule has 0 amide bonds. The Kier molecular flexibility index (Phi) is 3.96. The molecule has 0 spiro atoms. The Morgan fingerprint density at radius 2 is 1.87 bits per heavy atom. The number of ketones is 1. The summed E-state index contributed by atoms with van der Waals surface area (Å²) in [7, 11) is 0. The van der Waals surface area contributed by atoms with E-state index in [0.717, 1.165) is 37.9 Å². The molecule has 4 heterocycles. The zero-order valence-electron chi connectivity index (χ0n) is 13.3. The molecular formula is C20H22N2O. The molecule has 4 unspecified atom stereocenters. The van der Waals surface area contributed by atoms with Crippen LogP contribution in [0, 0.1) is 5.92 Å². The highest BCUT2D eigenvalue weighted by Crippen LogP contribution is 2.36. The number of pyridine rings is 1. The molecule has 5 rings (SSSR count). The summed E-state index contributed by atoms with van der Waals surface area (Å²) in [6.45, 7) is 1.05. The summed E-state index contributed by atoms with van der Waals surface area (Å²) in [6.07, 6.45) is 5.66. The molecule has 3 heteroatoms. The highest BCUT2D eigenvalue weighted by molar-refractivity contribution is 5.88. The monoisotopic (exact) mass is 306 g/mol. The van der Waals surface area contributed by atoms with Gasteiger partial charge >= 0.3 is 0 Å². The van der Waals surface area contributed by atoms with Crippen molar-refractivity contribution in [3.05, 3.63) is 66.0 Å². The zero-order chi connectivity index (χ0) is 15.6. The van der Waals surface area contributed by atoms with Crippen LogP contribution in [0.1, 0.15) is 24.1 Å². The second kappa shape index (κ2) is 6.25. The van der Waals surface area contributed by atoms with E-state index in [4.69, 9.17) is 0 Å². The molecule has 1 aromatic carbocycles. The summed E-state index contributed by atoms with van der Waals surface area (Å²) in [6, 6.07) is 17.1. The Labute approximate surface area is 137 Å². The van der Waals surface area contributed by atoms with Gasteiger partial charge in [-0.15, -0.1) is 0 Å². The highest BCUT2D eigenvalue weighted by atomic mass is 16.1. The van der Waals surface area contributed by atoms with Gasteiger partial charge in [0.25, 0.3) is 0 Å². The third-order valence-corrected chi connectivity index (χ3v) is 5.34. The molecule has 3 aliphatic rings. The summed E-state index contributed by atoms with van der Waals surface area (Å²) in [5.74, 6) is 0.689. The van der Waals surface area contributed by atoms with Crippen molar-refractivity contribution in [2.24, 2.45) is 5.92 Å². The first-order chi connectivity index (χ1) is 11.3. The lowest BCUT2D eigenvalue weighted by molar-refractivity contribution is -0.140. The Morgan fingerprint density at radius 1 is 1.04 bits per heavy atom. The van der Waals surface area contributed by atoms with Gasteiger partial charge in [0.05, 0.1) is 6.04 Å². The fourth-order valence-corrected chi connectivity index (χ4v) is 4.19. The first-order valence-corrected chi connectivity index (χ1v) is 8.54. The van der Waals surface area contributed by atoms with Crippen LogP contribution in [0.4, 0.5) is 0 Å². The number of carbonyl (C=O) groups excluding carboxylic acids is 1. The first kappa shape index (κ1) is 14.6. The molecule has 4 atom stereocenters. The minimum atomic E-state index is 0.0195. The zero-order valence-corrected chi connectivity index (χ0v) is 13.3. The molecule has 118 valence electrons. The molecule has 0 aliphatic carbocycles. The number of benzene rings is 1. The maximum Gasteiger partial charge on any atom is 0.153 e. The van der Waals surface area contributed by atoms with Gasteiger partial charge in [0, 0.05) is 30.3 Å². The smallest absolute Gasteiger partial charge is 0.153 e. The minimum absolute atomic E-state index is 0.0195. The predicted octanol–water partition coefficient (Wildman–Crippen LogP) is 2.90. The van der Waals surface area contributed by atoms with E-state index in [1.165, 1.54) is 5.56 Å². The molecule has 0 N–H and O–H groups in total. The average molecular weight is 306 g/mol. The number of rotatable bonds is 4. The van der Waals surface area contributed by atoms with Gasteiger partial charge in [0.2, 0.25) is 0 Å². The van der Waals surface area contributed by atoms with E-state index >= 15 is 0 Å². The van der Waals surface area contributed by atoms with E-state index < -0.39 is 0 Å². The number of hydrogen-bond acceptors (Lipinski definition) is 3. The van der Waals surface area contributed by atoms with E-state index in [2.05, 4.69) is 40.2 Å². The van der Waals surface area contributed by atoms with Gasteiger partial charge in [-0.25, -0.2) is 0 Å². The van der Waals surface area contributed by atoms with Crippen LogP contribution in [0.3, 0.4) is 0 Å². The molecule has 0 saturated carbocycles. The van der Waals surface area contributed by atoms with Crippen molar-refractivity contribution in [2.45, 2.75) is 37.8 Å². The van der Waals surface area contributed by atoms with Crippen molar-refractivity contribution in [3.63, 3.8) is 0 Å². The number of nitrogens with zero attached hydrogens (tertiary/aromatic N) is 2. The molecule has 3 fully saturated rings. The molecule has 1 aromatic heterocycles. The maximum atomic E-state index is 12.7. The number of Topliss-reactive ketones (excluding diaryl/α,β-unsaturated/α-hetero) is 1. The van der Waals surface area contributed by atoms with Gasteiger partial charge in [-0.1, -0.05) is 36.4 Å². The molecule has 23 heavy (non-hydrogen) atoms. The fraction of sp³-hybridized carbons (Fsp3) is 0.400. The third kappa shape index (κ3) is 2.93. The van der Waals surface area contributed by atoms with Gasteiger partial charge in [0.15, 0.2) is 5.78 Å². The van der Waals surface area contributed by atoms with E-state index in [9.17, 15) is 4.79 Å². The van der Waals surface area contributed by atoms with Crippen LogP contribution in [0.2, 0.25) is 0 Å². The van der Waals surface area contributed by atoms with E-state index in [0.29, 0.717) is 11.8 Å². The Balaban J connectivity index is 1.54. The van der Waals surface area contributed by atoms with Crippen LogP contribution in [-0.4, -0.2) is 34.3 Å². The summed E-state index contributed by atoms with van der Waals surface area (Å²) in [5.41, 5.74) is 2.39. The van der Waals surface area contributed by atoms with E-state index in [1.54, 1.807) is 0 Å². The van der Waals surface area contributed by atoms with Crippen LogP contribution in [0.5, 0.6) is 0 Å². The van der Waals surface area contributed by atoms with Gasteiger partial charge in [-0.2, -0.15) is 0 Å². The number of piperidine rings is 3. The highest BCUT2D eigenvalue weighted by Gasteiger charge is 2.45. The predicted molar refractivity (Wildman–Crippen MR) is 90.1 cm³/mol. The van der Waals surface area contributed by atoms with Crippen molar-refractivity contribution in [1.29, 1.82) is 0 Å². The molecule has 0 radical (unpaired) electrons. The number of aromatic nitrogens is 1. The fourth-order valence-electron chi connectivity index (χ4n) is 4.19. The van der Waals surface area contributed by atoms with Gasteiger partial charge in [-0.3, -0.25) is 14.7 Å². The molecule has 3 saturated heterocycles. The third-order valence-electron chi connectivity index (χ3n) is 5.34. The molecular weight excluding hydrogens is 284 g/mol. The van der Waals surface area contributed by atoms with Crippen molar-refractivity contribution in [2.75, 3.05) is 6.54 Å². The lowest BCUT2D eigenvalue weighted by Gasteiger charge is -2.49. The van der Waals surface area contributed by atoms with Crippen molar-refractivity contribution in [3.8, 4) is 0 Å². The lowest BCUT2D eigenvalue weighted by atomic mass is 9.75. The van der Waals surface area contributed by atoms with Crippen LogP contribution in [-0.2, 0) is 17.6 Å². The van der Waals surface area contributed by atoms with Gasteiger partial charge in [-0.05, 0) is 43.5 Å². The van der Waals surface area contributed by atoms with Crippen molar-refractivity contribution >= 4 is 5.78 Å². The molecule has 3 nitrogen and oxygen atoms in total. The van der Waals surface area contributed by atoms with Crippen molar-refractivity contribution in [1.82, 2.24) is 9.88 Å². The Bertz CT molecular complexity index is 671. The largest absolute Gasteiger partial charge is 0.298 e. The van der Waals surface area contributed by atoms with Crippen LogP contribution in [0.15, 0.2) is 54.7 Å². The number of hydrogen-bond donors (Lipinski definition) is 0. The summed E-state index contributed by atoms with van der Waals surface area (Å²) in [5, 5.41) is 0. The normalized spacial score (nSPS) is 29.7. The minimum Gasteiger partial charge on any atom is -0.298 e. The SMILES string of the molecule is O=C1C2CCN(C(Cc3ccccc3)C2)C1Cc1ccccn1. The van der Waals surface area contributed by atoms with E-state index in [-0.39, 0.29) is 12.0 Å². The van der Waals surface area contributed by atoms with Gasteiger partial charge < -0.3 is 0 Å². The summed E-state index contributed by atoms with van der Waals surface area (Å²) < 4.78 is 0. The van der Waals surface area contributed by atoms with Gasteiger partial charge in [0.1, 0.15) is 0 Å². The summed E-state index contributed by atoms with van der Waals surface area (Å²) in [4.78, 5) is 19.6. The average Bonchev–Trinajstić information content (AvgIpc) is 2.60. The second-order valence-electron chi connectivity index (χ2n) is 6.75. The van der Waals surface area contributed by atoms with Crippen LogP contribution in [0.25, 0.3) is 0 Å².